The molecular formula is C13H14ClNO3. The van der Waals surface area contributed by atoms with Crippen LogP contribution in [-0.4, -0.2) is 25.7 Å². The van der Waals surface area contributed by atoms with Gasteiger partial charge in [0.25, 0.3) is 5.91 Å². The molecule has 96 valence electrons. The first-order valence-corrected chi connectivity index (χ1v) is 6.46. The van der Waals surface area contributed by atoms with Crippen molar-refractivity contribution in [1.29, 1.82) is 0 Å². The first kappa shape index (κ1) is 11.8. The zero-order valence-electron chi connectivity index (χ0n) is 9.82. The summed E-state index contributed by atoms with van der Waals surface area (Å²) < 4.78 is 10.7. The van der Waals surface area contributed by atoms with Gasteiger partial charge < -0.3 is 14.8 Å². The highest BCUT2D eigenvalue weighted by molar-refractivity contribution is 6.21. The molecule has 1 saturated heterocycles. The first-order valence-electron chi connectivity index (χ1n) is 6.02. The van der Waals surface area contributed by atoms with Crippen molar-refractivity contribution < 1.29 is 14.3 Å². The van der Waals surface area contributed by atoms with Gasteiger partial charge in [-0.25, -0.2) is 0 Å². The van der Waals surface area contributed by atoms with Gasteiger partial charge in [-0.3, -0.25) is 4.79 Å². The Balaban J connectivity index is 1.84. The minimum absolute atomic E-state index is 0.0765. The molecule has 2 aliphatic rings. The Morgan fingerprint density at radius 2 is 2.33 bits per heavy atom. The van der Waals surface area contributed by atoms with Gasteiger partial charge in [-0.15, -0.1) is 11.6 Å². The van der Waals surface area contributed by atoms with E-state index >= 15 is 0 Å². The van der Waals surface area contributed by atoms with E-state index in [-0.39, 0.29) is 17.9 Å². The number of benzene rings is 1. The standard InChI is InChI=1S/C13H14ClNO3/c14-13(9-3-4-17-6-9)8-1-2-11-10(5-8)15-12(16)7-18-11/h1-2,5,9,13H,3-4,6-7H2,(H,15,16). The van der Waals surface area contributed by atoms with E-state index < -0.39 is 0 Å². The molecule has 3 rings (SSSR count). The lowest BCUT2D eigenvalue weighted by molar-refractivity contribution is -0.118. The summed E-state index contributed by atoms with van der Waals surface area (Å²) in [5.41, 5.74) is 1.70. The van der Waals surface area contributed by atoms with Crippen molar-refractivity contribution in [2.75, 3.05) is 25.1 Å². The zero-order chi connectivity index (χ0) is 12.5. The highest BCUT2D eigenvalue weighted by Crippen LogP contribution is 2.38. The molecule has 18 heavy (non-hydrogen) atoms. The van der Waals surface area contributed by atoms with Crippen LogP contribution < -0.4 is 10.1 Å². The van der Waals surface area contributed by atoms with E-state index in [1.807, 2.05) is 18.2 Å². The maximum absolute atomic E-state index is 11.3. The molecule has 4 nitrogen and oxygen atoms in total. The number of amides is 1. The quantitative estimate of drug-likeness (QED) is 0.837. The lowest BCUT2D eigenvalue weighted by Gasteiger charge is -2.21. The molecule has 2 atom stereocenters. The summed E-state index contributed by atoms with van der Waals surface area (Å²) in [6.07, 6.45) is 0.980. The van der Waals surface area contributed by atoms with Gasteiger partial charge in [-0.1, -0.05) is 6.07 Å². The van der Waals surface area contributed by atoms with Crippen molar-refractivity contribution in [2.24, 2.45) is 5.92 Å². The summed E-state index contributed by atoms with van der Waals surface area (Å²) in [4.78, 5) is 11.3. The molecule has 1 aromatic carbocycles. The van der Waals surface area contributed by atoms with E-state index in [2.05, 4.69) is 5.32 Å². The molecule has 2 unspecified atom stereocenters. The molecule has 1 amide bonds. The van der Waals surface area contributed by atoms with E-state index in [4.69, 9.17) is 21.1 Å². The van der Waals surface area contributed by atoms with Crippen LogP contribution in [0.4, 0.5) is 5.69 Å². The van der Waals surface area contributed by atoms with Crippen molar-refractivity contribution in [3.8, 4) is 5.75 Å². The molecule has 0 saturated carbocycles. The third-order valence-electron chi connectivity index (χ3n) is 3.33. The SMILES string of the molecule is O=C1COc2ccc(C(Cl)C3CCOC3)cc2N1. The lowest BCUT2D eigenvalue weighted by atomic mass is 9.97. The van der Waals surface area contributed by atoms with Gasteiger partial charge in [0, 0.05) is 12.5 Å². The minimum Gasteiger partial charge on any atom is -0.482 e. The van der Waals surface area contributed by atoms with Crippen LogP contribution in [0.25, 0.3) is 0 Å². The number of anilines is 1. The number of carbonyl (C=O) groups excluding carboxylic acids is 1. The molecule has 0 bridgehead atoms. The normalized spacial score (nSPS) is 24.1. The van der Waals surface area contributed by atoms with Crippen LogP contribution >= 0.6 is 11.6 Å². The van der Waals surface area contributed by atoms with Crippen LogP contribution in [0.3, 0.4) is 0 Å². The maximum Gasteiger partial charge on any atom is 0.262 e. The Bertz CT molecular complexity index is 471. The van der Waals surface area contributed by atoms with Crippen LogP contribution in [0.15, 0.2) is 18.2 Å². The second-order valence-corrected chi connectivity index (χ2v) is 5.09. The summed E-state index contributed by atoms with van der Waals surface area (Å²) in [7, 11) is 0. The summed E-state index contributed by atoms with van der Waals surface area (Å²) >= 11 is 6.46. The Kier molecular flexibility index (Phi) is 3.14. The van der Waals surface area contributed by atoms with Gasteiger partial charge in [-0.05, 0) is 24.1 Å². The highest BCUT2D eigenvalue weighted by Gasteiger charge is 2.26. The van der Waals surface area contributed by atoms with Gasteiger partial charge in [0.2, 0.25) is 0 Å². The Morgan fingerprint density at radius 1 is 1.44 bits per heavy atom. The number of halogens is 1. The van der Waals surface area contributed by atoms with E-state index in [0.29, 0.717) is 24.0 Å². The molecule has 2 aliphatic heterocycles. The van der Waals surface area contributed by atoms with E-state index in [1.165, 1.54) is 0 Å². The highest BCUT2D eigenvalue weighted by atomic mass is 35.5. The number of hydrogen-bond acceptors (Lipinski definition) is 3. The van der Waals surface area contributed by atoms with Crippen LogP contribution in [0, 0.1) is 5.92 Å². The number of fused-ring (bicyclic) bond motifs is 1. The summed E-state index contributed by atoms with van der Waals surface area (Å²) in [5.74, 6) is 0.907. The third-order valence-corrected chi connectivity index (χ3v) is 3.94. The van der Waals surface area contributed by atoms with E-state index in [1.54, 1.807) is 0 Å². The van der Waals surface area contributed by atoms with Crippen LogP contribution in [-0.2, 0) is 9.53 Å². The Morgan fingerprint density at radius 3 is 3.11 bits per heavy atom. The third kappa shape index (κ3) is 2.18. The second kappa shape index (κ2) is 4.78. The number of alkyl halides is 1. The number of hydrogen-bond donors (Lipinski definition) is 1. The van der Waals surface area contributed by atoms with Crippen molar-refractivity contribution in [3.63, 3.8) is 0 Å². The van der Waals surface area contributed by atoms with Crippen molar-refractivity contribution in [3.05, 3.63) is 23.8 Å². The molecule has 1 aromatic rings. The number of rotatable bonds is 2. The predicted molar refractivity (Wildman–Crippen MR) is 68.1 cm³/mol. The van der Waals surface area contributed by atoms with E-state index in [0.717, 1.165) is 18.6 Å². The summed E-state index contributed by atoms with van der Waals surface area (Å²) in [6.45, 7) is 1.56. The van der Waals surface area contributed by atoms with Crippen molar-refractivity contribution >= 4 is 23.2 Å². The molecule has 0 aliphatic carbocycles. The largest absolute Gasteiger partial charge is 0.482 e. The van der Waals surface area contributed by atoms with Gasteiger partial charge in [0.05, 0.1) is 17.7 Å². The van der Waals surface area contributed by atoms with Gasteiger partial charge in [0.1, 0.15) is 5.75 Å². The topological polar surface area (TPSA) is 47.6 Å². The van der Waals surface area contributed by atoms with Crippen LogP contribution in [0.2, 0.25) is 0 Å². The predicted octanol–water partition coefficient (Wildman–Crippen LogP) is 2.33. The number of carbonyl (C=O) groups is 1. The number of nitrogens with one attached hydrogen (secondary N) is 1. The summed E-state index contributed by atoms with van der Waals surface area (Å²) in [6, 6.07) is 5.70. The fraction of sp³-hybridized carbons (Fsp3) is 0.462. The fourth-order valence-electron chi connectivity index (χ4n) is 2.33. The van der Waals surface area contributed by atoms with Crippen LogP contribution in [0.5, 0.6) is 5.75 Å². The average Bonchev–Trinajstić information content (AvgIpc) is 2.90. The molecule has 0 radical (unpaired) electrons. The van der Waals surface area contributed by atoms with Crippen LogP contribution in [0.1, 0.15) is 17.4 Å². The molecule has 1 N–H and O–H groups in total. The van der Waals surface area contributed by atoms with Gasteiger partial charge in [0.15, 0.2) is 6.61 Å². The summed E-state index contributed by atoms with van der Waals surface area (Å²) in [5, 5.41) is 2.71. The van der Waals surface area contributed by atoms with Crippen molar-refractivity contribution in [2.45, 2.75) is 11.8 Å². The molecule has 5 heteroatoms. The molecule has 0 aromatic heterocycles. The van der Waals surface area contributed by atoms with Gasteiger partial charge >= 0.3 is 0 Å². The van der Waals surface area contributed by atoms with Crippen molar-refractivity contribution in [1.82, 2.24) is 0 Å². The molecule has 0 spiro atoms. The zero-order valence-corrected chi connectivity index (χ0v) is 10.6. The number of ether oxygens (including phenoxy) is 2. The minimum atomic E-state index is -0.130. The molecule has 2 heterocycles. The second-order valence-electron chi connectivity index (χ2n) is 4.62. The monoisotopic (exact) mass is 267 g/mol. The lowest BCUT2D eigenvalue weighted by Crippen LogP contribution is -2.25. The maximum atomic E-state index is 11.3. The Labute approximate surface area is 110 Å². The van der Waals surface area contributed by atoms with Gasteiger partial charge in [-0.2, -0.15) is 0 Å². The smallest absolute Gasteiger partial charge is 0.262 e. The molecule has 1 fully saturated rings. The first-order chi connectivity index (χ1) is 8.74. The average molecular weight is 268 g/mol. The Hall–Kier alpha value is -1.26. The fourth-order valence-corrected chi connectivity index (χ4v) is 2.66. The van der Waals surface area contributed by atoms with E-state index in [9.17, 15) is 4.79 Å². The molecular weight excluding hydrogens is 254 g/mol.